The minimum absolute atomic E-state index is 0.0187. The summed E-state index contributed by atoms with van der Waals surface area (Å²) in [4.78, 5) is 16.9. The minimum Gasteiger partial charge on any atom is -0.394 e. The first-order valence-electron chi connectivity index (χ1n) is 13.8. The Morgan fingerprint density at radius 1 is 0.952 bits per heavy atom. The summed E-state index contributed by atoms with van der Waals surface area (Å²) in [5.41, 5.74) is 33.0. The van der Waals surface area contributed by atoms with Crippen LogP contribution in [0.15, 0.2) is 4.99 Å². The van der Waals surface area contributed by atoms with Gasteiger partial charge in [-0.1, -0.05) is 0 Å². The summed E-state index contributed by atoms with van der Waals surface area (Å²) >= 11 is 0. The van der Waals surface area contributed by atoms with Crippen molar-refractivity contribution < 1.29 is 54.4 Å². The second-order valence-electron chi connectivity index (χ2n) is 11.4. The van der Waals surface area contributed by atoms with E-state index in [1.54, 1.807) is 0 Å². The van der Waals surface area contributed by atoms with Gasteiger partial charge in [0, 0.05) is 31.5 Å². The third kappa shape index (κ3) is 6.64. The van der Waals surface area contributed by atoms with E-state index in [1.807, 2.05) is 0 Å². The van der Waals surface area contributed by atoms with Crippen LogP contribution >= 0.6 is 0 Å². The van der Waals surface area contributed by atoms with Crippen molar-refractivity contribution in [2.45, 2.75) is 116 Å². The average Bonchev–Trinajstić information content (AvgIpc) is 3.56. The summed E-state index contributed by atoms with van der Waals surface area (Å²) in [5.74, 6) is -1.12. The number of rotatable bonds is 9. The molecule has 16 atom stereocenters. The molecule has 0 aromatic rings. The van der Waals surface area contributed by atoms with Crippen molar-refractivity contribution >= 4 is 11.9 Å². The van der Waals surface area contributed by atoms with Crippen LogP contribution in [0, 0.1) is 0 Å². The first kappa shape index (κ1) is 33.1. The molecular formula is C23H44N8O11. The predicted molar refractivity (Wildman–Crippen MR) is 141 cm³/mol. The van der Waals surface area contributed by atoms with Gasteiger partial charge in [-0.3, -0.25) is 4.79 Å². The van der Waals surface area contributed by atoms with Gasteiger partial charge in [0.25, 0.3) is 5.91 Å². The lowest BCUT2D eigenvalue weighted by Gasteiger charge is -2.48. The van der Waals surface area contributed by atoms with Gasteiger partial charge in [-0.25, -0.2) is 4.99 Å². The van der Waals surface area contributed by atoms with Crippen LogP contribution in [0.4, 0.5) is 0 Å². The zero-order chi connectivity index (χ0) is 31.1. The van der Waals surface area contributed by atoms with Crippen molar-refractivity contribution in [2.75, 3.05) is 13.2 Å². The van der Waals surface area contributed by atoms with Crippen LogP contribution in [0.1, 0.15) is 19.3 Å². The van der Waals surface area contributed by atoms with Gasteiger partial charge in [-0.2, -0.15) is 0 Å². The molecule has 19 nitrogen and oxygen atoms in total. The quantitative estimate of drug-likeness (QED) is 0.0853. The Balaban J connectivity index is 1.59. The van der Waals surface area contributed by atoms with E-state index in [0.717, 1.165) is 0 Å². The lowest BCUT2D eigenvalue weighted by molar-refractivity contribution is -0.315. The molecule has 19 heteroatoms. The standard InChI is InChI=1S/C23H44N8O11/c24-4-10-9(33)2-8(31-22(28)29)19(39-10)41-17-6(25)1-7(30-21(37)23(38)3-12(23)26)18(16(17)36)42-20-15(35)13(27)14(34)11(5-32)40-20/h6-20,32-36,38H,1-5,24-27H2,(H,30,37)(H4,28,29,31)/t6-,7+,8+,9-,10+,11+,12?,13-,14+,15+,16-,17?,18-,19+,20+,23?/m0/s1. The lowest BCUT2D eigenvalue weighted by Crippen LogP contribution is -2.69. The molecule has 4 aliphatic rings. The highest BCUT2D eigenvalue weighted by molar-refractivity contribution is 5.89. The third-order valence-corrected chi connectivity index (χ3v) is 8.31. The molecule has 2 aliphatic carbocycles. The van der Waals surface area contributed by atoms with Gasteiger partial charge in [-0.05, 0) is 6.42 Å². The highest BCUT2D eigenvalue weighted by atomic mass is 16.7. The number of nitrogens with zero attached hydrogens (tertiary/aromatic N) is 1. The molecule has 1 amide bonds. The maximum Gasteiger partial charge on any atom is 0.253 e. The van der Waals surface area contributed by atoms with E-state index in [1.165, 1.54) is 0 Å². The Labute approximate surface area is 241 Å². The summed E-state index contributed by atoms with van der Waals surface area (Å²) in [7, 11) is 0. The van der Waals surface area contributed by atoms with Gasteiger partial charge >= 0.3 is 0 Å². The molecule has 4 fully saturated rings. The number of aliphatic hydroxyl groups excluding tert-OH is 5. The number of nitrogens with one attached hydrogen (secondary N) is 1. The number of amides is 1. The average molecular weight is 609 g/mol. The second kappa shape index (κ2) is 13.0. The summed E-state index contributed by atoms with van der Waals surface area (Å²) in [6, 6.07) is -5.01. The van der Waals surface area contributed by atoms with E-state index in [2.05, 4.69) is 10.3 Å². The van der Waals surface area contributed by atoms with Gasteiger partial charge in [0.05, 0.1) is 30.9 Å². The Morgan fingerprint density at radius 3 is 2.14 bits per heavy atom. The van der Waals surface area contributed by atoms with E-state index >= 15 is 0 Å². The van der Waals surface area contributed by atoms with Crippen molar-refractivity contribution in [2.24, 2.45) is 39.4 Å². The highest BCUT2D eigenvalue weighted by Crippen LogP contribution is 2.36. The smallest absolute Gasteiger partial charge is 0.253 e. The Kier molecular flexibility index (Phi) is 10.3. The van der Waals surface area contributed by atoms with Crippen molar-refractivity contribution in [3.8, 4) is 0 Å². The van der Waals surface area contributed by atoms with E-state index in [4.69, 9.17) is 53.3 Å². The molecule has 0 aromatic heterocycles. The van der Waals surface area contributed by atoms with E-state index in [9.17, 15) is 35.4 Å². The van der Waals surface area contributed by atoms with Crippen molar-refractivity contribution in [3.63, 3.8) is 0 Å². The number of hydrogen-bond acceptors (Lipinski definition) is 16. The SMILES string of the molecule is NC[C@H]1O[C@H](OC2[C@@H](N)C[C@@H](NC(=O)C3(O)CC3N)[C@H](O[C@H]3O[C@H](CO)[C@@H](O)[C@H](N)[C@H]3O)[C@H]2O)[C@H](N=C(N)N)C[C@@H]1O. The van der Waals surface area contributed by atoms with Crippen LogP contribution < -0.4 is 39.7 Å². The van der Waals surface area contributed by atoms with Gasteiger partial charge in [-0.15, -0.1) is 0 Å². The molecule has 4 rings (SSSR count). The van der Waals surface area contributed by atoms with Crippen LogP contribution in [-0.2, 0) is 23.7 Å². The number of carbonyl (C=O) groups excluding carboxylic acids is 1. The molecule has 0 aromatic carbocycles. The van der Waals surface area contributed by atoms with E-state index in [-0.39, 0.29) is 31.8 Å². The maximum absolute atomic E-state index is 12.8. The van der Waals surface area contributed by atoms with Gasteiger partial charge in [0.2, 0.25) is 0 Å². The maximum atomic E-state index is 12.8. The molecule has 2 saturated carbocycles. The summed E-state index contributed by atoms with van der Waals surface area (Å²) in [5, 5.41) is 65.4. The first-order valence-corrected chi connectivity index (χ1v) is 13.8. The molecule has 42 heavy (non-hydrogen) atoms. The fourth-order valence-corrected chi connectivity index (χ4v) is 5.61. The summed E-state index contributed by atoms with van der Waals surface area (Å²) < 4.78 is 23.3. The number of carbonyl (C=O) groups is 1. The molecular weight excluding hydrogens is 564 g/mol. The summed E-state index contributed by atoms with van der Waals surface area (Å²) in [6.07, 6.45) is -13.2. The Hall–Kier alpha value is -1.82. The molecule has 3 unspecified atom stereocenters. The number of guanidine groups is 1. The zero-order valence-corrected chi connectivity index (χ0v) is 22.8. The van der Waals surface area contributed by atoms with E-state index < -0.39 is 110 Å². The number of aliphatic imine (C=N–C) groups is 1. The Bertz CT molecular complexity index is 979. The molecule has 242 valence electrons. The molecule has 0 bridgehead atoms. The number of hydrogen-bond donors (Lipinski definition) is 13. The number of ether oxygens (including phenoxy) is 4. The lowest BCUT2D eigenvalue weighted by atomic mass is 9.83. The van der Waals surface area contributed by atoms with Crippen LogP contribution in [0.2, 0.25) is 0 Å². The topological polar surface area (TPSA) is 356 Å². The first-order chi connectivity index (χ1) is 19.7. The second-order valence-corrected chi connectivity index (χ2v) is 11.4. The van der Waals surface area contributed by atoms with Crippen molar-refractivity contribution in [3.05, 3.63) is 0 Å². The number of nitrogens with two attached hydrogens (primary N) is 6. The predicted octanol–water partition coefficient (Wildman–Crippen LogP) is -8.36. The molecule has 2 aliphatic heterocycles. The van der Waals surface area contributed by atoms with Gasteiger partial charge in [0.15, 0.2) is 24.1 Å². The monoisotopic (exact) mass is 608 g/mol. The molecule has 19 N–H and O–H groups in total. The third-order valence-electron chi connectivity index (χ3n) is 8.31. The fourth-order valence-electron chi connectivity index (χ4n) is 5.61. The molecule has 2 saturated heterocycles. The molecule has 2 heterocycles. The van der Waals surface area contributed by atoms with Crippen molar-refractivity contribution in [1.29, 1.82) is 0 Å². The zero-order valence-electron chi connectivity index (χ0n) is 22.8. The number of aliphatic hydroxyl groups is 6. The largest absolute Gasteiger partial charge is 0.394 e. The van der Waals surface area contributed by atoms with Crippen LogP contribution in [0.5, 0.6) is 0 Å². The normalized spacial score (nSPS) is 49.2. The van der Waals surface area contributed by atoms with Crippen LogP contribution in [0.25, 0.3) is 0 Å². The Morgan fingerprint density at radius 2 is 1.57 bits per heavy atom. The van der Waals surface area contributed by atoms with Crippen LogP contribution in [0.3, 0.4) is 0 Å². The van der Waals surface area contributed by atoms with Gasteiger partial charge < -0.3 is 89.3 Å². The molecule has 0 radical (unpaired) electrons. The summed E-state index contributed by atoms with van der Waals surface area (Å²) in [6.45, 7) is -0.718. The molecule has 0 spiro atoms. The fraction of sp³-hybridized carbons (Fsp3) is 0.913. The van der Waals surface area contributed by atoms with Gasteiger partial charge in [0.1, 0.15) is 42.7 Å². The van der Waals surface area contributed by atoms with Crippen LogP contribution in [-0.4, -0.2) is 153 Å². The van der Waals surface area contributed by atoms with Crippen molar-refractivity contribution in [1.82, 2.24) is 5.32 Å². The minimum atomic E-state index is -1.82. The highest BCUT2D eigenvalue weighted by Gasteiger charge is 2.59. The van der Waals surface area contributed by atoms with E-state index in [0.29, 0.717) is 0 Å².